The summed E-state index contributed by atoms with van der Waals surface area (Å²) in [4.78, 5) is 10.6. The average Bonchev–Trinajstić information content (AvgIpc) is 2.53. The minimum Gasteiger partial charge on any atom is -0.489 e. The zero-order valence-electron chi connectivity index (χ0n) is 11.2. The molecule has 1 heterocycles. The second-order valence-corrected chi connectivity index (χ2v) is 5.42. The van der Waals surface area contributed by atoms with E-state index in [0.29, 0.717) is 31.1 Å². The van der Waals surface area contributed by atoms with Gasteiger partial charge in [-0.15, -0.1) is 0 Å². The van der Waals surface area contributed by atoms with Gasteiger partial charge < -0.3 is 14.2 Å². The summed E-state index contributed by atoms with van der Waals surface area (Å²) in [7, 11) is 0. The number of rotatable bonds is 4. The van der Waals surface area contributed by atoms with Crippen molar-refractivity contribution in [1.29, 1.82) is 0 Å². The predicted molar refractivity (Wildman–Crippen MR) is 81.3 cm³/mol. The molecule has 0 amide bonds. The quantitative estimate of drug-likeness (QED) is 0.791. The zero-order valence-corrected chi connectivity index (χ0v) is 12.8. The van der Waals surface area contributed by atoms with Crippen molar-refractivity contribution in [2.24, 2.45) is 0 Å². The van der Waals surface area contributed by atoms with Gasteiger partial charge in [-0.05, 0) is 36.4 Å². The lowest BCUT2D eigenvalue weighted by Gasteiger charge is -2.20. The molecule has 0 saturated carbocycles. The number of halogens is 1. The minimum atomic E-state index is 0.400. The molecule has 21 heavy (non-hydrogen) atoms. The van der Waals surface area contributed by atoms with Gasteiger partial charge in [0.2, 0.25) is 0 Å². The van der Waals surface area contributed by atoms with Gasteiger partial charge in [0.15, 0.2) is 11.5 Å². The van der Waals surface area contributed by atoms with Crippen LogP contribution in [-0.4, -0.2) is 19.5 Å². The Morgan fingerprint density at radius 3 is 2.43 bits per heavy atom. The number of benzene rings is 2. The van der Waals surface area contributed by atoms with E-state index in [1.807, 2.05) is 12.1 Å². The molecule has 2 aromatic carbocycles. The second-order valence-electron chi connectivity index (χ2n) is 4.56. The molecular weight excluding hydrogens is 336 g/mol. The lowest BCUT2D eigenvalue weighted by Crippen LogP contribution is -2.15. The molecule has 1 aliphatic rings. The van der Waals surface area contributed by atoms with E-state index in [0.717, 1.165) is 27.8 Å². The van der Waals surface area contributed by atoms with Crippen LogP contribution in [0.3, 0.4) is 0 Å². The smallest absolute Gasteiger partial charge is 0.162 e. The fourth-order valence-electron chi connectivity index (χ4n) is 2.02. The lowest BCUT2D eigenvalue weighted by atomic mass is 10.2. The van der Waals surface area contributed by atoms with E-state index >= 15 is 0 Å². The van der Waals surface area contributed by atoms with Gasteiger partial charge in [0.1, 0.15) is 31.9 Å². The van der Waals surface area contributed by atoms with Crippen LogP contribution in [0.5, 0.6) is 17.2 Å². The van der Waals surface area contributed by atoms with Crippen molar-refractivity contribution in [1.82, 2.24) is 0 Å². The van der Waals surface area contributed by atoms with Crippen LogP contribution in [0.15, 0.2) is 40.9 Å². The van der Waals surface area contributed by atoms with Gasteiger partial charge >= 0.3 is 0 Å². The molecule has 0 aliphatic carbocycles. The molecule has 108 valence electrons. The Morgan fingerprint density at radius 2 is 1.76 bits per heavy atom. The Morgan fingerprint density at radius 1 is 1.10 bits per heavy atom. The number of hydrogen-bond donors (Lipinski definition) is 0. The first-order chi connectivity index (χ1) is 10.3. The van der Waals surface area contributed by atoms with E-state index in [1.165, 1.54) is 0 Å². The first-order valence-electron chi connectivity index (χ1n) is 6.52. The third-order valence-corrected chi connectivity index (χ3v) is 3.86. The molecular formula is C16H13BrO4. The van der Waals surface area contributed by atoms with Gasteiger partial charge in [-0.2, -0.15) is 0 Å². The number of fused-ring (bicyclic) bond motifs is 1. The molecule has 0 atom stereocenters. The molecule has 0 bridgehead atoms. The number of carbonyl (C=O) groups excluding carboxylic acids is 1. The maximum atomic E-state index is 10.6. The zero-order chi connectivity index (χ0) is 14.7. The van der Waals surface area contributed by atoms with Crippen LogP contribution in [-0.2, 0) is 6.61 Å². The Labute approximate surface area is 130 Å². The van der Waals surface area contributed by atoms with Crippen LogP contribution < -0.4 is 14.2 Å². The molecule has 0 saturated heterocycles. The number of carbonyl (C=O) groups is 1. The molecule has 5 heteroatoms. The van der Waals surface area contributed by atoms with Crippen LogP contribution in [0.2, 0.25) is 0 Å². The van der Waals surface area contributed by atoms with E-state index < -0.39 is 0 Å². The summed E-state index contributed by atoms with van der Waals surface area (Å²) in [6, 6.07) is 10.8. The second kappa shape index (κ2) is 6.18. The SMILES string of the molecule is O=Cc1ccc(OCc2cc3c(cc2Br)OCCO3)cc1. The van der Waals surface area contributed by atoms with Crippen molar-refractivity contribution in [3.63, 3.8) is 0 Å². The molecule has 0 spiro atoms. The maximum Gasteiger partial charge on any atom is 0.162 e. The van der Waals surface area contributed by atoms with Crippen LogP contribution in [0, 0.1) is 0 Å². The van der Waals surface area contributed by atoms with Crippen LogP contribution in [0.4, 0.5) is 0 Å². The first-order valence-corrected chi connectivity index (χ1v) is 7.31. The third kappa shape index (κ3) is 3.19. The van der Waals surface area contributed by atoms with E-state index in [1.54, 1.807) is 24.3 Å². The van der Waals surface area contributed by atoms with Gasteiger partial charge in [0.25, 0.3) is 0 Å². The number of aldehydes is 1. The van der Waals surface area contributed by atoms with Crippen molar-refractivity contribution in [2.45, 2.75) is 6.61 Å². The number of ether oxygens (including phenoxy) is 3. The van der Waals surface area contributed by atoms with Crippen LogP contribution in [0.1, 0.15) is 15.9 Å². The van der Waals surface area contributed by atoms with Crippen molar-refractivity contribution in [2.75, 3.05) is 13.2 Å². The molecule has 1 aliphatic heterocycles. The molecule has 0 radical (unpaired) electrons. The van der Waals surface area contributed by atoms with Crippen molar-refractivity contribution in [3.05, 3.63) is 52.0 Å². The highest BCUT2D eigenvalue weighted by atomic mass is 79.9. The third-order valence-electron chi connectivity index (χ3n) is 3.12. The van der Waals surface area contributed by atoms with Crippen molar-refractivity contribution in [3.8, 4) is 17.2 Å². The van der Waals surface area contributed by atoms with E-state index in [9.17, 15) is 4.79 Å². The fraction of sp³-hybridized carbons (Fsp3) is 0.188. The molecule has 0 N–H and O–H groups in total. The van der Waals surface area contributed by atoms with E-state index in [-0.39, 0.29) is 0 Å². The summed E-state index contributed by atoms with van der Waals surface area (Å²) in [5.41, 5.74) is 1.60. The summed E-state index contributed by atoms with van der Waals surface area (Å²) in [5.74, 6) is 2.19. The first kappa shape index (κ1) is 13.9. The molecule has 0 fully saturated rings. The average molecular weight is 349 g/mol. The Hall–Kier alpha value is -2.01. The van der Waals surface area contributed by atoms with Gasteiger partial charge in [-0.25, -0.2) is 0 Å². The van der Waals surface area contributed by atoms with Gasteiger partial charge in [-0.1, -0.05) is 15.9 Å². The van der Waals surface area contributed by atoms with Crippen molar-refractivity contribution < 1.29 is 19.0 Å². The van der Waals surface area contributed by atoms with Gasteiger partial charge in [0.05, 0.1) is 0 Å². The van der Waals surface area contributed by atoms with E-state index in [4.69, 9.17) is 14.2 Å². The number of hydrogen-bond acceptors (Lipinski definition) is 4. The Kier molecular flexibility index (Phi) is 4.10. The highest BCUT2D eigenvalue weighted by Gasteiger charge is 2.15. The summed E-state index contributed by atoms with van der Waals surface area (Å²) in [6.07, 6.45) is 0.807. The van der Waals surface area contributed by atoms with E-state index in [2.05, 4.69) is 15.9 Å². The normalized spacial score (nSPS) is 12.8. The maximum absolute atomic E-state index is 10.6. The molecule has 4 nitrogen and oxygen atoms in total. The Bertz CT molecular complexity index is 652. The largest absolute Gasteiger partial charge is 0.489 e. The summed E-state index contributed by atoms with van der Waals surface area (Å²) in [6.45, 7) is 1.53. The molecule has 0 aromatic heterocycles. The lowest BCUT2D eigenvalue weighted by molar-refractivity contribution is 0.112. The molecule has 3 rings (SSSR count). The highest BCUT2D eigenvalue weighted by molar-refractivity contribution is 9.10. The monoisotopic (exact) mass is 348 g/mol. The van der Waals surface area contributed by atoms with Crippen LogP contribution in [0.25, 0.3) is 0 Å². The minimum absolute atomic E-state index is 0.400. The predicted octanol–water partition coefficient (Wildman–Crippen LogP) is 3.61. The Balaban J connectivity index is 1.73. The topological polar surface area (TPSA) is 44.8 Å². The van der Waals surface area contributed by atoms with Gasteiger partial charge in [0, 0.05) is 15.6 Å². The standard InChI is InChI=1S/C16H13BrO4/c17-14-8-16-15(19-5-6-20-16)7-12(14)10-21-13-3-1-11(9-18)2-4-13/h1-4,7-9H,5-6,10H2. The van der Waals surface area contributed by atoms with Crippen molar-refractivity contribution >= 4 is 22.2 Å². The van der Waals surface area contributed by atoms with Gasteiger partial charge in [-0.3, -0.25) is 4.79 Å². The fourth-order valence-corrected chi connectivity index (χ4v) is 2.46. The highest BCUT2D eigenvalue weighted by Crippen LogP contribution is 2.35. The molecule has 2 aromatic rings. The molecule has 0 unspecified atom stereocenters. The van der Waals surface area contributed by atoms with Crippen LogP contribution >= 0.6 is 15.9 Å². The summed E-state index contributed by atoms with van der Waals surface area (Å²) in [5, 5.41) is 0. The summed E-state index contributed by atoms with van der Waals surface area (Å²) < 4.78 is 17.7. The summed E-state index contributed by atoms with van der Waals surface area (Å²) >= 11 is 3.51.